The van der Waals surface area contributed by atoms with Crippen LogP contribution in [-0.2, 0) is 7.05 Å². The molecule has 0 atom stereocenters. The molecule has 0 saturated heterocycles. The number of carboxylic acids is 1. The van der Waals surface area contributed by atoms with Crippen LogP contribution < -0.4 is 5.56 Å². The number of carbonyl (C=O) groups is 1. The first-order chi connectivity index (χ1) is 10.1. The Morgan fingerprint density at radius 3 is 2.52 bits per heavy atom. The molecule has 3 rings (SSSR count). The number of aromatic carboxylic acids is 1. The smallest absolute Gasteiger partial charge is 0.353 e. The van der Waals surface area contributed by atoms with Crippen molar-refractivity contribution >= 4 is 16.9 Å². The van der Waals surface area contributed by atoms with Gasteiger partial charge in [-0.3, -0.25) is 9.78 Å². The van der Waals surface area contributed by atoms with Crippen molar-refractivity contribution in [1.82, 2.24) is 9.55 Å². The Morgan fingerprint density at radius 1 is 1.14 bits per heavy atom. The maximum atomic E-state index is 12.3. The molecule has 1 aromatic carbocycles. The molecular formula is C16H12N2O3. The molecule has 0 bridgehead atoms. The lowest BCUT2D eigenvalue weighted by molar-refractivity contribution is 0.0686. The molecule has 0 radical (unpaired) electrons. The van der Waals surface area contributed by atoms with Gasteiger partial charge in [-0.15, -0.1) is 0 Å². The van der Waals surface area contributed by atoms with Gasteiger partial charge in [-0.05, 0) is 11.6 Å². The van der Waals surface area contributed by atoms with Gasteiger partial charge in [-0.1, -0.05) is 36.4 Å². The van der Waals surface area contributed by atoms with E-state index >= 15 is 0 Å². The van der Waals surface area contributed by atoms with Gasteiger partial charge in [-0.2, -0.15) is 0 Å². The third-order valence-corrected chi connectivity index (χ3v) is 3.42. The zero-order valence-corrected chi connectivity index (χ0v) is 11.3. The van der Waals surface area contributed by atoms with Gasteiger partial charge in [0.2, 0.25) is 0 Å². The van der Waals surface area contributed by atoms with Gasteiger partial charge in [0.25, 0.3) is 5.56 Å². The van der Waals surface area contributed by atoms with Crippen molar-refractivity contribution in [2.24, 2.45) is 7.05 Å². The van der Waals surface area contributed by atoms with Crippen LogP contribution >= 0.6 is 0 Å². The van der Waals surface area contributed by atoms with Crippen molar-refractivity contribution in [2.45, 2.75) is 0 Å². The van der Waals surface area contributed by atoms with Crippen LogP contribution in [0.5, 0.6) is 0 Å². The van der Waals surface area contributed by atoms with Gasteiger partial charge in [0.05, 0.1) is 0 Å². The minimum absolute atomic E-state index is 0.0355. The largest absolute Gasteiger partial charge is 0.477 e. The van der Waals surface area contributed by atoms with Gasteiger partial charge in [0.15, 0.2) is 0 Å². The highest BCUT2D eigenvalue weighted by Crippen LogP contribution is 2.29. The molecule has 0 aliphatic heterocycles. The first kappa shape index (κ1) is 13.1. The molecule has 0 saturated carbocycles. The molecule has 2 heterocycles. The highest BCUT2D eigenvalue weighted by atomic mass is 16.4. The number of hydrogen-bond donors (Lipinski definition) is 1. The van der Waals surface area contributed by atoms with E-state index in [1.54, 1.807) is 12.1 Å². The number of aromatic nitrogens is 2. The number of nitrogens with zero attached hydrogens (tertiary/aromatic N) is 2. The Hall–Kier alpha value is -2.95. The highest BCUT2D eigenvalue weighted by Gasteiger charge is 2.21. The van der Waals surface area contributed by atoms with Crippen LogP contribution in [0, 0.1) is 0 Å². The van der Waals surface area contributed by atoms with Crippen LogP contribution in [0.3, 0.4) is 0 Å². The number of hydrogen-bond acceptors (Lipinski definition) is 3. The Morgan fingerprint density at radius 2 is 1.86 bits per heavy atom. The van der Waals surface area contributed by atoms with E-state index in [0.29, 0.717) is 10.9 Å². The molecule has 0 unspecified atom stereocenters. The quantitative estimate of drug-likeness (QED) is 0.781. The second-order valence-electron chi connectivity index (χ2n) is 4.66. The fraction of sp³-hybridized carbons (Fsp3) is 0.0625. The van der Waals surface area contributed by atoms with Gasteiger partial charge in [0.1, 0.15) is 11.2 Å². The van der Waals surface area contributed by atoms with Crippen molar-refractivity contribution in [3.63, 3.8) is 0 Å². The maximum absolute atomic E-state index is 12.3. The molecule has 0 amide bonds. The molecule has 5 nitrogen and oxygen atoms in total. The van der Waals surface area contributed by atoms with Crippen LogP contribution in [0.25, 0.3) is 22.0 Å². The van der Waals surface area contributed by atoms with Gasteiger partial charge < -0.3 is 9.67 Å². The molecule has 0 aliphatic carbocycles. The van der Waals surface area contributed by atoms with E-state index in [9.17, 15) is 14.7 Å². The lowest BCUT2D eigenvalue weighted by Gasteiger charge is -2.13. The normalized spacial score (nSPS) is 10.7. The zero-order chi connectivity index (χ0) is 15.0. The summed E-state index contributed by atoms with van der Waals surface area (Å²) >= 11 is 0. The number of fused-ring (bicyclic) bond motifs is 1. The summed E-state index contributed by atoms with van der Waals surface area (Å²) in [5.41, 5.74) is 1.06. The van der Waals surface area contributed by atoms with E-state index in [1.165, 1.54) is 13.2 Å². The van der Waals surface area contributed by atoms with Crippen molar-refractivity contribution in [1.29, 1.82) is 0 Å². The van der Waals surface area contributed by atoms with Gasteiger partial charge >= 0.3 is 5.97 Å². The van der Waals surface area contributed by atoms with E-state index < -0.39 is 11.5 Å². The van der Waals surface area contributed by atoms with E-state index in [0.717, 1.165) is 10.1 Å². The number of carboxylic acid groups (broad SMARTS) is 1. The van der Waals surface area contributed by atoms with Crippen LogP contribution in [0.2, 0.25) is 0 Å². The fourth-order valence-electron chi connectivity index (χ4n) is 2.48. The molecule has 2 aromatic heterocycles. The maximum Gasteiger partial charge on any atom is 0.353 e. The third-order valence-electron chi connectivity index (χ3n) is 3.42. The topological polar surface area (TPSA) is 72.2 Å². The van der Waals surface area contributed by atoms with E-state index in [2.05, 4.69) is 4.98 Å². The summed E-state index contributed by atoms with van der Waals surface area (Å²) in [4.78, 5) is 28.0. The highest BCUT2D eigenvalue weighted by molar-refractivity contribution is 6.05. The first-order valence-corrected chi connectivity index (χ1v) is 6.37. The molecule has 5 heteroatoms. The van der Waals surface area contributed by atoms with Crippen LogP contribution in [0.4, 0.5) is 0 Å². The Labute approximate surface area is 120 Å². The van der Waals surface area contributed by atoms with E-state index in [4.69, 9.17) is 0 Å². The minimum Gasteiger partial charge on any atom is -0.477 e. The van der Waals surface area contributed by atoms with Crippen LogP contribution in [0.1, 0.15) is 10.5 Å². The van der Waals surface area contributed by atoms with E-state index in [1.807, 2.05) is 30.3 Å². The fourth-order valence-corrected chi connectivity index (χ4v) is 2.48. The van der Waals surface area contributed by atoms with Crippen LogP contribution in [0.15, 0.2) is 53.5 Å². The number of rotatable bonds is 2. The zero-order valence-electron chi connectivity index (χ0n) is 11.3. The second kappa shape index (κ2) is 4.86. The average Bonchev–Trinajstić information content (AvgIpc) is 2.51. The Kier molecular flexibility index (Phi) is 3.02. The molecule has 0 spiro atoms. The summed E-state index contributed by atoms with van der Waals surface area (Å²) in [6, 6.07) is 12.6. The summed E-state index contributed by atoms with van der Waals surface area (Å²) in [5, 5.41) is 10.1. The SMILES string of the molecule is Cn1c(C(=O)O)c(-c2ccccc2)c2cccnc2c1=O. The summed E-state index contributed by atoms with van der Waals surface area (Å²) in [5.74, 6) is -1.14. The molecule has 21 heavy (non-hydrogen) atoms. The lowest BCUT2D eigenvalue weighted by Crippen LogP contribution is -2.25. The summed E-state index contributed by atoms with van der Waals surface area (Å²) in [7, 11) is 1.45. The summed E-state index contributed by atoms with van der Waals surface area (Å²) in [6.07, 6.45) is 1.53. The Bertz CT molecular complexity index is 899. The summed E-state index contributed by atoms with van der Waals surface area (Å²) < 4.78 is 1.14. The van der Waals surface area contributed by atoms with Crippen molar-refractivity contribution in [2.75, 3.05) is 0 Å². The van der Waals surface area contributed by atoms with Crippen LogP contribution in [-0.4, -0.2) is 20.6 Å². The molecule has 0 aliphatic rings. The third kappa shape index (κ3) is 1.99. The summed E-state index contributed by atoms with van der Waals surface area (Å²) in [6.45, 7) is 0. The van der Waals surface area contributed by atoms with Gasteiger partial charge in [-0.25, -0.2) is 4.79 Å². The minimum atomic E-state index is -1.14. The average molecular weight is 280 g/mol. The van der Waals surface area contributed by atoms with Crippen molar-refractivity contribution in [3.8, 4) is 11.1 Å². The predicted octanol–water partition coefficient (Wildman–Crippen LogP) is 2.30. The Balaban J connectivity index is 2.57. The second-order valence-corrected chi connectivity index (χ2v) is 4.66. The monoisotopic (exact) mass is 280 g/mol. The standard InChI is InChI=1S/C16H12N2O3/c1-18-14(16(20)21)12(10-6-3-2-4-7-10)11-8-5-9-17-13(11)15(18)19/h2-9H,1H3,(H,20,21). The predicted molar refractivity (Wildman–Crippen MR) is 79.4 cm³/mol. The van der Waals surface area contributed by atoms with Crippen molar-refractivity contribution in [3.05, 3.63) is 64.7 Å². The van der Waals surface area contributed by atoms with Crippen molar-refractivity contribution < 1.29 is 9.90 Å². The molecule has 104 valence electrons. The molecule has 1 N–H and O–H groups in total. The first-order valence-electron chi connectivity index (χ1n) is 6.37. The molecule has 3 aromatic rings. The van der Waals surface area contributed by atoms with E-state index in [-0.39, 0.29) is 11.2 Å². The van der Waals surface area contributed by atoms with Gasteiger partial charge in [0, 0.05) is 24.2 Å². The number of pyridine rings is 2. The molecular weight excluding hydrogens is 268 g/mol. The lowest BCUT2D eigenvalue weighted by atomic mass is 9.99. The number of benzene rings is 1. The molecule has 0 fully saturated rings.